The molecule has 0 aliphatic carbocycles. The summed E-state index contributed by atoms with van der Waals surface area (Å²) in [6, 6.07) is 19.7. The first-order chi connectivity index (χ1) is 16.5. The number of carbonyl (C=O) groups is 2. The predicted octanol–water partition coefficient (Wildman–Crippen LogP) is 4.88. The maximum atomic E-state index is 13.6. The molecule has 8 heteroatoms. The van der Waals surface area contributed by atoms with Gasteiger partial charge in [-0.1, -0.05) is 42.5 Å². The van der Waals surface area contributed by atoms with Gasteiger partial charge in [0.2, 0.25) is 0 Å². The summed E-state index contributed by atoms with van der Waals surface area (Å²) in [5.41, 5.74) is 3.92. The molecule has 3 amide bonds. The molecule has 1 atom stereocenters. The highest BCUT2D eigenvalue weighted by Gasteiger charge is 2.35. The Morgan fingerprint density at radius 1 is 1.09 bits per heavy atom. The lowest BCUT2D eigenvalue weighted by atomic mass is 9.94. The molecule has 5 rings (SSSR count). The Balaban J connectivity index is 1.53. The predicted molar refractivity (Wildman–Crippen MR) is 127 cm³/mol. The molecule has 3 aromatic carbocycles. The first-order valence-corrected chi connectivity index (χ1v) is 10.8. The fourth-order valence-electron chi connectivity index (χ4n) is 4.16. The summed E-state index contributed by atoms with van der Waals surface area (Å²) in [5, 5.41) is 13.6. The third kappa shape index (κ3) is 4.13. The Hall–Kier alpha value is -4.46. The summed E-state index contributed by atoms with van der Waals surface area (Å²) in [6.07, 6.45) is 1.68. The number of amides is 3. The SMILES string of the molecule is CC1=C(C(=O)Nc2ccc3[nH]ncc3c2)C(c2ccc(F)cc2)NC(=O)N1Cc1ccccc1. The van der Waals surface area contributed by atoms with E-state index in [2.05, 4.69) is 20.8 Å². The lowest BCUT2D eigenvalue weighted by molar-refractivity contribution is -0.113. The number of fused-ring (bicyclic) bond motifs is 1. The number of H-pyrrole nitrogens is 1. The quantitative estimate of drug-likeness (QED) is 0.401. The monoisotopic (exact) mass is 455 g/mol. The molecule has 1 aromatic heterocycles. The first kappa shape index (κ1) is 21.4. The maximum absolute atomic E-state index is 13.6. The number of benzene rings is 3. The molecule has 0 radical (unpaired) electrons. The number of halogens is 1. The second kappa shape index (κ2) is 8.82. The molecule has 0 saturated carbocycles. The van der Waals surface area contributed by atoms with Crippen LogP contribution in [0.25, 0.3) is 10.9 Å². The number of aromatic nitrogens is 2. The number of carbonyl (C=O) groups excluding carboxylic acids is 2. The van der Waals surface area contributed by atoms with Crippen LogP contribution in [0.1, 0.15) is 24.1 Å². The number of nitrogens with one attached hydrogen (secondary N) is 3. The summed E-state index contributed by atoms with van der Waals surface area (Å²) in [6.45, 7) is 2.07. The van der Waals surface area contributed by atoms with E-state index in [0.29, 0.717) is 29.1 Å². The number of urea groups is 1. The molecule has 0 fully saturated rings. The number of aromatic amines is 1. The largest absolute Gasteiger partial charge is 0.326 e. The highest BCUT2D eigenvalue weighted by molar-refractivity contribution is 6.07. The van der Waals surface area contributed by atoms with E-state index >= 15 is 0 Å². The van der Waals surface area contributed by atoms with E-state index in [1.807, 2.05) is 42.5 Å². The van der Waals surface area contributed by atoms with Crippen molar-refractivity contribution in [2.75, 3.05) is 5.32 Å². The van der Waals surface area contributed by atoms with Crippen LogP contribution in [0.15, 0.2) is 90.3 Å². The van der Waals surface area contributed by atoms with Gasteiger partial charge in [0.15, 0.2) is 0 Å². The number of allylic oxidation sites excluding steroid dienone is 1. The van der Waals surface area contributed by atoms with Gasteiger partial charge < -0.3 is 10.6 Å². The third-order valence-electron chi connectivity index (χ3n) is 5.93. The lowest BCUT2D eigenvalue weighted by Crippen LogP contribution is -2.48. The van der Waals surface area contributed by atoms with Gasteiger partial charge in [-0.15, -0.1) is 0 Å². The van der Waals surface area contributed by atoms with E-state index in [4.69, 9.17) is 0 Å². The normalized spacial score (nSPS) is 16.0. The van der Waals surface area contributed by atoms with Crippen molar-refractivity contribution >= 4 is 28.5 Å². The fraction of sp³-hybridized carbons (Fsp3) is 0.115. The van der Waals surface area contributed by atoms with Crippen LogP contribution in [0, 0.1) is 5.82 Å². The molecule has 3 N–H and O–H groups in total. The summed E-state index contributed by atoms with van der Waals surface area (Å²) in [7, 11) is 0. The smallest absolute Gasteiger partial charge is 0.322 e. The molecule has 0 saturated heterocycles. The molecular weight excluding hydrogens is 433 g/mol. The van der Waals surface area contributed by atoms with E-state index in [-0.39, 0.29) is 11.9 Å². The van der Waals surface area contributed by atoms with Crippen LogP contribution in [-0.2, 0) is 11.3 Å². The minimum atomic E-state index is -0.724. The molecule has 0 spiro atoms. The number of rotatable bonds is 5. The van der Waals surface area contributed by atoms with Crippen LogP contribution in [0.5, 0.6) is 0 Å². The molecule has 170 valence electrons. The van der Waals surface area contributed by atoms with Crippen molar-refractivity contribution in [1.29, 1.82) is 0 Å². The van der Waals surface area contributed by atoms with Gasteiger partial charge in [0.1, 0.15) is 5.82 Å². The second-order valence-corrected chi connectivity index (χ2v) is 8.13. The van der Waals surface area contributed by atoms with E-state index in [0.717, 1.165) is 16.5 Å². The van der Waals surface area contributed by atoms with E-state index in [1.54, 1.807) is 36.2 Å². The minimum absolute atomic E-state index is 0.312. The highest BCUT2D eigenvalue weighted by atomic mass is 19.1. The van der Waals surface area contributed by atoms with Gasteiger partial charge in [0.05, 0.1) is 29.9 Å². The molecule has 34 heavy (non-hydrogen) atoms. The summed E-state index contributed by atoms with van der Waals surface area (Å²) < 4.78 is 13.6. The Morgan fingerprint density at radius 2 is 1.85 bits per heavy atom. The van der Waals surface area contributed by atoms with E-state index in [1.165, 1.54) is 12.1 Å². The maximum Gasteiger partial charge on any atom is 0.322 e. The van der Waals surface area contributed by atoms with Crippen molar-refractivity contribution in [2.45, 2.75) is 19.5 Å². The van der Waals surface area contributed by atoms with Crippen molar-refractivity contribution in [3.05, 3.63) is 107 Å². The Morgan fingerprint density at radius 3 is 2.62 bits per heavy atom. The van der Waals surface area contributed by atoms with Crippen LogP contribution in [0.4, 0.5) is 14.9 Å². The molecule has 1 aliphatic heterocycles. The number of hydrogen-bond donors (Lipinski definition) is 3. The first-order valence-electron chi connectivity index (χ1n) is 10.8. The topological polar surface area (TPSA) is 90.1 Å². The van der Waals surface area contributed by atoms with Gasteiger partial charge in [-0.2, -0.15) is 5.10 Å². The van der Waals surface area contributed by atoms with Gasteiger partial charge in [-0.05, 0) is 48.4 Å². The van der Waals surface area contributed by atoms with Crippen molar-refractivity contribution in [3.63, 3.8) is 0 Å². The Bertz CT molecular complexity index is 1400. The van der Waals surface area contributed by atoms with Crippen LogP contribution in [0.2, 0.25) is 0 Å². The summed E-state index contributed by atoms with van der Waals surface area (Å²) in [4.78, 5) is 28.2. The van der Waals surface area contributed by atoms with Crippen LogP contribution in [-0.4, -0.2) is 27.0 Å². The lowest BCUT2D eigenvalue weighted by Gasteiger charge is -2.36. The van der Waals surface area contributed by atoms with Gasteiger partial charge >= 0.3 is 6.03 Å². The fourth-order valence-corrected chi connectivity index (χ4v) is 4.16. The molecule has 4 aromatic rings. The van der Waals surface area contributed by atoms with E-state index < -0.39 is 11.9 Å². The third-order valence-corrected chi connectivity index (χ3v) is 5.93. The van der Waals surface area contributed by atoms with Gasteiger partial charge in [0.25, 0.3) is 5.91 Å². The molecule has 1 aliphatic rings. The van der Waals surface area contributed by atoms with Gasteiger partial charge in [0, 0.05) is 16.8 Å². The number of anilines is 1. The Kier molecular flexibility index (Phi) is 5.55. The molecule has 2 heterocycles. The van der Waals surface area contributed by atoms with Crippen LogP contribution >= 0.6 is 0 Å². The zero-order valence-electron chi connectivity index (χ0n) is 18.4. The number of hydrogen-bond acceptors (Lipinski definition) is 3. The average Bonchev–Trinajstić information content (AvgIpc) is 3.30. The minimum Gasteiger partial charge on any atom is -0.326 e. The van der Waals surface area contributed by atoms with Crippen LogP contribution in [0.3, 0.4) is 0 Å². The molecule has 0 bridgehead atoms. The van der Waals surface area contributed by atoms with Crippen molar-refractivity contribution in [3.8, 4) is 0 Å². The van der Waals surface area contributed by atoms with Crippen molar-refractivity contribution in [2.24, 2.45) is 0 Å². The Labute approximate surface area is 195 Å². The number of nitrogens with zero attached hydrogens (tertiary/aromatic N) is 2. The zero-order chi connectivity index (χ0) is 23.7. The van der Waals surface area contributed by atoms with Crippen molar-refractivity contribution < 1.29 is 14.0 Å². The average molecular weight is 455 g/mol. The summed E-state index contributed by atoms with van der Waals surface area (Å²) in [5.74, 6) is -0.746. The molecular formula is C26H22FN5O2. The van der Waals surface area contributed by atoms with Crippen molar-refractivity contribution in [1.82, 2.24) is 20.4 Å². The molecule has 7 nitrogen and oxygen atoms in total. The summed E-state index contributed by atoms with van der Waals surface area (Å²) >= 11 is 0. The van der Waals surface area contributed by atoms with Gasteiger partial charge in [-0.25, -0.2) is 9.18 Å². The molecule has 1 unspecified atom stereocenters. The standard InChI is InChI=1S/C26H22FN5O2/c1-16-23(25(33)29-21-11-12-22-19(13-21)14-28-31-22)24(18-7-9-20(27)10-8-18)30-26(34)32(16)15-17-5-3-2-4-6-17/h2-14,24H,15H2,1H3,(H,28,31)(H,29,33)(H,30,34). The second-order valence-electron chi connectivity index (χ2n) is 8.13. The van der Waals surface area contributed by atoms with Crippen LogP contribution < -0.4 is 10.6 Å². The van der Waals surface area contributed by atoms with E-state index in [9.17, 15) is 14.0 Å². The highest BCUT2D eigenvalue weighted by Crippen LogP contribution is 2.32. The zero-order valence-corrected chi connectivity index (χ0v) is 18.4. The van der Waals surface area contributed by atoms with Gasteiger partial charge in [-0.3, -0.25) is 14.8 Å².